The van der Waals surface area contributed by atoms with Crippen molar-refractivity contribution in [1.29, 1.82) is 0 Å². The fraction of sp³-hybridized carbons (Fsp3) is 0. The van der Waals surface area contributed by atoms with Gasteiger partial charge in [-0.15, -0.1) is 0 Å². The van der Waals surface area contributed by atoms with Gasteiger partial charge < -0.3 is 0 Å². The molecule has 0 spiro atoms. The molecule has 0 atom stereocenters. The average Bonchev–Trinajstić information content (AvgIpc) is 2.48. The molecule has 0 unspecified atom stereocenters. The maximum atomic E-state index is 10.5. The number of halogens is 1. The highest BCUT2D eigenvalue weighted by molar-refractivity contribution is 6.19. The molecule has 0 saturated heterocycles. The van der Waals surface area contributed by atoms with Crippen LogP contribution >= 0.6 is 11.8 Å². The molecule has 66 valence electrons. The van der Waals surface area contributed by atoms with E-state index in [4.69, 9.17) is 11.8 Å². The number of fused-ring (bicyclic) bond motifs is 1. The van der Waals surface area contributed by atoms with Gasteiger partial charge >= 0.3 is 0 Å². The summed E-state index contributed by atoms with van der Waals surface area (Å²) in [6.45, 7) is 0. The van der Waals surface area contributed by atoms with E-state index in [2.05, 4.69) is 4.98 Å². The third-order valence-corrected chi connectivity index (χ3v) is 1.99. The van der Waals surface area contributed by atoms with Gasteiger partial charge in [0.15, 0.2) is 5.65 Å². The maximum Gasteiger partial charge on any atom is 0.281 e. The number of hydrogen-bond donors (Lipinski definition) is 0. The number of rotatable bonds is 1. The van der Waals surface area contributed by atoms with E-state index in [1.54, 1.807) is 6.07 Å². The first-order valence-electron chi connectivity index (χ1n) is 3.47. The molecule has 5 nitrogen and oxygen atoms in total. The molecule has 0 aliphatic rings. The molecule has 0 N–H and O–H groups in total. The van der Waals surface area contributed by atoms with E-state index in [1.165, 1.54) is 22.5 Å². The Balaban J connectivity index is 2.84. The monoisotopic (exact) mass is 197 g/mol. The lowest BCUT2D eigenvalue weighted by atomic mass is 10.3. The minimum atomic E-state index is -0.457. The second-order valence-corrected chi connectivity index (χ2v) is 2.82. The first-order valence-corrected chi connectivity index (χ1v) is 3.80. The Hall–Kier alpha value is -1.62. The third kappa shape index (κ3) is 1.13. The van der Waals surface area contributed by atoms with Crippen LogP contribution in [0.5, 0.6) is 0 Å². The van der Waals surface area contributed by atoms with Crippen molar-refractivity contribution >= 4 is 28.5 Å². The number of nitro groups is 1. The van der Waals surface area contributed by atoms with E-state index < -0.39 is 4.92 Å². The van der Waals surface area contributed by atoms with E-state index in [0.717, 1.165) is 0 Å². The van der Waals surface area contributed by atoms with Crippen molar-refractivity contribution < 1.29 is 4.92 Å². The van der Waals surface area contributed by atoms with E-state index in [0.29, 0.717) is 11.0 Å². The lowest BCUT2D eigenvalue weighted by Gasteiger charge is -1.93. The zero-order chi connectivity index (χ0) is 9.42. The lowest BCUT2D eigenvalue weighted by molar-refractivity contribution is -0.383. The van der Waals surface area contributed by atoms with Crippen LogP contribution in [0.4, 0.5) is 5.69 Å². The second kappa shape index (κ2) is 2.70. The van der Waals surface area contributed by atoms with Crippen LogP contribution in [0, 0.1) is 10.1 Å². The number of hydrogen-bond acceptors (Lipinski definition) is 3. The molecule has 2 aromatic heterocycles. The van der Waals surface area contributed by atoms with Crippen molar-refractivity contribution in [3.05, 3.63) is 34.6 Å². The normalized spacial score (nSPS) is 10.5. The summed E-state index contributed by atoms with van der Waals surface area (Å²) in [7, 11) is 0. The first kappa shape index (κ1) is 8.00. The fourth-order valence-corrected chi connectivity index (χ4v) is 1.34. The van der Waals surface area contributed by atoms with Crippen molar-refractivity contribution in [1.82, 2.24) is 9.07 Å². The van der Waals surface area contributed by atoms with Crippen LogP contribution in [0.25, 0.3) is 11.0 Å². The first-order chi connectivity index (χ1) is 6.20. The van der Waals surface area contributed by atoms with Gasteiger partial charge in [0.25, 0.3) is 5.69 Å². The minimum Gasteiger partial charge on any atom is -0.258 e. The van der Waals surface area contributed by atoms with Crippen LogP contribution in [-0.2, 0) is 0 Å². The van der Waals surface area contributed by atoms with Gasteiger partial charge in [0.2, 0.25) is 0 Å². The number of aromatic nitrogens is 2. The van der Waals surface area contributed by atoms with Crippen molar-refractivity contribution in [2.24, 2.45) is 0 Å². The molecule has 0 saturated carbocycles. The summed E-state index contributed by atoms with van der Waals surface area (Å²) in [6.07, 6.45) is 2.88. The lowest BCUT2D eigenvalue weighted by Crippen LogP contribution is -1.90. The summed E-state index contributed by atoms with van der Waals surface area (Å²) in [5.41, 5.74) is 0.417. The van der Waals surface area contributed by atoms with E-state index in [1.807, 2.05) is 0 Å². The van der Waals surface area contributed by atoms with E-state index in [-0.39, 0.29) is 5.69 Å². The summed E-state index contributed by atoms with van der Waals surface area (Å²) in [4.78, 5) is 14.0. The maximum absolute atomic E-state index is 10.5. The Morgan fingerprint density at radius 2 is 2.31 bits per heavy atom. The number of pyridine rings is 1. The van der Waals surface area contributed by atoms with Crippen molar-refractivity contribution in [2.75, 3.05) is 0 Å². The summed E-state index contributed by atoms with van der Waals surface area (Å²) >= 11 is 5.68. The molecule has 13 heavy (non-hydrogen) atoms. The largest absolute Gasteiger partial charge is 0.281 e. The third-order valence-electron chi connectivity index (χ3n) is 1.72. The fourth-order valence-electron chi connectivity index (χ4n) is 1.15. The summed E-state index contributed by atoms with van der Waals surface area (Å²) in [6, 6.07) is 2.91. The van der Waals surface area contributed by atoms with Crippen molar-refractivity contribution in [2.45, 2.75) is 0 Å². The van der Waals surface area contributed by atoms with Crippen molar-refractivity contribution in [3.63, 3.8) is 0 Å². The van der Waals surface area contributed by atoms with Gasteiger partial charge in [-0.1, -0.05) is 0 Å². The Morgan fingerprint density at radius 1 is 1.54 bits per heavy atom. The molecule has 0 fully saturated rings. The Morgan fingerprint density at radius 3 is 3.00 bits per heavy atom. The molecule has 0 aromatic carbocycles. The Labute approximate surface area is 77.8 Å². The smallest absolute Gasteiger partial charge is 0.258 e. The SMILES string of the molecule is O=[N+]([O-])c1ccnc2c1ccn2Cl. The number of nitrogens with zero attached hydrogens (tertiary/aromatic N) is 3. The molecule has 0 amide bonds. The van der Waals surface area contributed by atoms with Gasteiger partial charge in [-0.2, -0.15) is 0 Å². The highest BCUT2D eigenvalue weighted by Crippen LogP contribution is 2.24. The predicted molar refractivity (Wildman–Crippen MR) is 47.6 cm³/mol. The zero-order valence-corrected chi connectivity index (χ0v) is 7.10. The van der Waals surface area contributed by atoms with Crippen LogP contribution in [-0.4, -0.2) is 14.0 Å². The van der Waals surface area contributed by atoms with E-state index >= 15 is 0 Å². The van der Waals surface area contributed by atoms with Gasteiger partial charge in [-0.25, -0.2) is 9.07 Å². The van der Waals surface area contributed by atoms with E-state index in [9.17, 15) is 10.1 Å². The predicted octanol–water partition coefficient (Wildman–Crippen LogP) is 1.95. The van der Waals surface area contributed by atoms with Gasteiger partial charge in [0.1, 0.15) is 0 Å². The summed E-state index contributed by atoms with van der Waals surface area (Å²) in [5, 5.41) is 11.0. The molecule has 2 aromatic rings. The quantitative estimate of drug-likeness (QED) is 0.519. The molecular weight excluding hydrogens is 194 g/mol. The molecule has 0 aliphatic carbocycles. The van der Waals surface area contributed by atoms with Crippen molar-refractivity contribution in [3.8, 4) is 0 Å². The minimum absolute atomic E-state index is 0.0180. The Bertz CT molecular complexity index is 480. The standard InChI is InChI=1S/C7H4ClN3O2/c8-10-4-2-5-6(11(12)13)1-3-9-7(5)10/h1-4H. The van der Waals surface area contributed by atoms with Gasteiger partial charge in [-0.05, 0) is 6.07 Å². The molecule has 6 heteroatoms. The Kier molecular flexibility index (Phi) is 1.66. The molecule has 0 aliphatic heterocycles. The van der Waals surface area contributed by atoms with Gasteiger partial charge in [-0.3, -0.25) is 10.1 Å². The van der Waals surface area contributed by atoms with Crippen LogP contribution in [0.15, 0.2) is 24.5 Å². The topological polar surface area (TPSA) is 61.0 Å². The molecule has 2 rings (SSSR count). The highest BCUT2D eigenvalue weighted by atomic mass is 35.5. The average molecular weight is 198 g/mol. The van der Waals surface area contributed by atoms with Crippen LogP contribution in [0.3, 0.4) is 0 Å². The zero-order valence-electron chi connectivity index (χ0n) is 6.35. The van der Waals surface area contributed by atoms with Crippen LogP contribution in [0.2, 0.25) is 0 Å². The molecule has 0 bridgehead atoms. The molecule has 0 radical (unpaired) electrons. The van der Waals surface area contributed by atoms with Crippen LogP contribution < -0.4 is 0 Å². The summed E-state index contributed by atoms with van der Waals surface area (Å²) < 4.78 is 1.22. The summed E-state index contributed by atoms with van der Waals surface area (Å²) in [5.74, 6) is 0. The molecule has 2 heterocycles. The molecular formula is C7H4ClN3O2. The van der Waals surface area contributed by atoms with Gasteiger partial charge in [0, 0.05) is 30.2 Å². The highest BCUT2D eigenvalue weighted by Gasteiger charge is 2.13. The second-order valence-electron chi connectivity index (χ2n) is 2.45. The van der Waals surface area contributed by atoms with Crippen LogP contribution in [0.1, 0.15) is 0 Å². The van der Waals surface area contributed by atoms with Gasteiger partial charge in [0.05, 0.1) is 10.3 Å².